The standard InChI is InChI=1S/C47H78NO8P/c1-3-5-7-9-11-13-15-17-18-19-20-21-22-23-24-25-26-28-30-32-34-36-38-40-47(51)54-43-45(49)44-56-57(52,53)55-42-41-48-46(50)39-37-35-33-31-29-27-16-14-12-10-8-6-4-2/h5,7-8,10-11,13-14,16-18,20-21,23-24,26,28,45,49H,3-4,6,9,12,15,19,22,25,27,29-44H2,1-2H3,(H,48,50)(H,52,53)/b7-5-,10-8-,13-11-,16-14-,18-17-,21-20-,24-23-,28-26-. The Hall–Kier alpha value is -3.07. The molecule has 0 aliphatic heterocycles. The van der Waals surface area contributed by atoms with Gasteiger partial charge in [-0.15, -0.1) is 0 Å². The van der Waals surface area contributed by atoms with Crippen LogP contribution in [0.3, 0.4) is 0 Å². The van der Waals surface area contributed by atoms with Crippen molar-refractivity contribution in [3.8, 4) is 0 Å². The predicted molar refractivity (Wildman–Crippen MR) is 238 cm³/mol. The normalized spacial score (nSPS) is 14.2. The lowest BCUT2D eigenvalue weighted by Gasteiger charge is -2.15. The predicted octanol–water partition coefficient (Wildman–Crippen LogP) is 12.2. The van der Waals surface area contributed by atoms with Crippen molar-refractivity contribution in [3.05, 3.63) is 97.2 Å². The highest BCUT2D eigenvalue weighted by molar-refractivity contribution is 7.47. The molecule has 0 aromatic carbocycles. The lowest BCUT2D eigenvalue weighted by atomic mass is 10.1. The van der Waals surface area contributed by atoms with Crippen LogP contribution in [0.25, 0.3) is 0 Å². The lowest BCUT2D eigenvalue weighted by Crippen LogP contribution is -2.27. The highest BCUT2D eigenvalue weighted by atomic mass is 31.2. The van der Waals surface area contributed by atoms with Crippen molar-refractivity contribution in [2.75, 3.05) is 26.4 Å². The van der Waals surface area contributed by atoms with Gasteiger partial charge in [-0.05, 0) is 89.9 Å². The molecule has 0 aliphatic carbocycles. The number of carbonyl (C=O) groups is 2. The molecule has 2 unspecified atom stereocenters. The largest absolute Gasteiger partial charge is 0.472 e. The zero-order chi connectivity index (χ0) is 41.8. The second-order valence-electron chi connectivity index (χ2n) is 13.9. The molecule has 0 spiro atoms. The van der Waals surface area contributed by atoms with Crippen molar-refractivity contribution in [1.82, 2.24) is 5.32 Å². The van der Waals surface area contributed by atoms with Crippen LogP contribution in [0.1, 0.15) is 155 Å². The van der Waals surface area contributed by atoms with Gasteiger partial charge in [0.25, 0.3) is 0 Å². The van der Waals surface area contributed by atoms with Gasteiger partial charge in [-0.2, -0.15) is 0 Å². The van der Waals surface area contributed by atoms with E-state index in [4.69, 9.17) is 13.8 Å². The van der Waals surface area contributed by atoms with Crippen molar-refractivity contribution in [3.63, 3.8) is 0 Å². The van der Waals surface area contributed by atoms with Crippen molar-refractivity contribution < 1.29 is 37.9 Å². The molecule has 0 bridgehead atoms. The fourth-order valence-corrected chi connectivity index (χ4v) is 6.00. The van der Waals surface area contributed by atoms with Crippen molar-refractivity contribution in [1.29, 1.82) is 0 Å². The van der Waals surface area contributed by atoms with Crippen LogP contribution in [0.15, 0.2) is 97.2 Å². The zero-order valence-corrected chi connectivity index (χ0v) is 36.4. The Bertz CT molecular complexity index is 1250. The van der Waals surface area contributed by atoms with E-state index in [2.05, 4.69) is 116 Å². The third kappa shape index (κ3) is 43.9. The van der Waals surface area contributed by atoms with Crippen LogP contribution in [-0.2, 0) is 27.9 Å². The number of hydrogen-bond acceptors (Lipinski definition) is 7. The minimum atomic E-state index is -4.43. The number of allylic oxidation sites excluding steroid dienone is 16. The molecule has 2 atom stereocenters. The molecule has 3 N–H and O–H groups in total. The van der Waals surface area contributed by atoms with E-state index >= 15 is 0 Å². The number of phosphoric ester groups is 1. The highest BCUT2D eigenvalue weighted by Crippen LogP contribution is 2.42. The monoisotopic (exact) mass is 816 g/mol. The first-order valence-corrected chi connectivity index (χ1v) is 23.2. The number of aliphatic hydroxyl groups is 1. The Morgan fingerprint density at radius 1 is 0.561 bits per heavy atom. The van der Waals surface area contributed by atoms with E-state index in [9.17, 15) is 24.2 Å². The summed E-state index contributed by atoms with van der Waals surface area (Å²) in [5, 5.41) is 12.7. The molecule has 9 nitrogen and oxygen atoms in total. The SMILES string of the molecule is CC/C=C\C/C=C\C/C=C\C/C=C\C/C=C\C/C=C\CCCCCCC(=O)OCC(O)COP(=O)(O)OCCNC(=O)CCCCCCC/C=C\C/C=C\CCC. The number of rotatable bonds is 39. The topological polar surface area (TPSA) is 131 Å². The molecule has 0 rings (SSSR count). The van der Waals surface area contributed by atoms with Gasteiger partial charge in [0.05, 0.1) is 13.2 Å². The summed E-state index contributed by atoms with van der Waals surface area (Å²) >= 11 is 0. The van der Waals surface area contributed by atoms with Crippen LogP contribution >= 0.6 is 7.82 Å². The number of esters is 1. The first-order valence-electron chi connectivity index (χ1n) is 21.7. The number of unbranched alkanes of at least 4 members (excludes halogenated alkanes) is 10. The minimum absolute atomic E-state index is 0.0649. The average molecular weight is 816 g/mol. The van der Waals surface area contributed by atoms with Gasteiger partial charge in [0.15, 0.2) is 0 Å². The van der Waals surface area contributed by atoms with E-state index in [0.29, 0.717) is 12.8 Å². The van der Waals surface area contributed by atoms with E-state index in [1.807, 2.05) is 0 Å². The van der Waals surface area contributed by atoms with E-state index in [0.717, 1.165) is 116 Å². The molecule has 324 valence electrons. The summed E-state index contributed by atoms with van der Waals surface area (Å²) in [5.41, 5.74) is 0. The number of amides is 1. The quantitative estimate of drug-likeness (QED) is 0.0242. The first kappa shape index (κ1) is 53.9. The van der Waals surface area contributed by atoms with Gasteiger partial charge in [-0.3, -0.25) is 18.6 Å². The van der Waals surface area contributed by atoms with Crippen LogP contribution in [0.2, 0.25) is 0 Å². The number of ether oxygens (including phenoxy) is 1. The van der Waals surface area contributed by atoms with Gasteiger partial charge in [0.1, 0.15) is 12.7 Å². The van der Waals surface area contributed by atoms with Crippen LogP contribution in [0.4, 0.5) is 0 Å². The maximum Gasteiger partial charge on any atom is 0.472 e. The summed E-state index contributed by atoms with van der Waals surface area (Å²) in [6.07, 6.45) is 54.8. The molecule has 0 aromatic rings. The zero-order valence-electron chi connectivity index (χ0n) is 35.5. The second-order valence-corrected chi connectivity index (χ2v) is 15.4. The number of nitrogens with one attached hydrogen (secondary N) is 1. The maximum atomic E-state index is 12.1. The van der Waals surface area contributed by atoms with Crippen molar-refractivity contribution in [2.45, 2.75) is 161 Å². The Kier molecular flexibility index (Phi) is 40.2. The van der Waals surface area contributed by atoms with Crippen molar-refractivity contribution in [2.24, 2.45) is 0 Å². The van der Waals surface area contributed by atoms with Gasteiger partial charge in [0.2, 0.25) is 5.91 Å². The molecular formula is C47H78NO8P. The van der Waals surface area contributed by atoms with E-state index in [1.54, 1.807) is 0 Å². The van der Waals surface area contributed by atoms with Crippen molar-refractivity contribution >= 4 is 19.7 Å². The molecule has 10 heteroatoms. The summed E-state index contributed by atoms with van der Waals surface area (Å²) in [6.45, 7) is 3.30. The fraction of sp³-hybridized carbons (Fsp3) is 0.617. The molecular weight excluding hydrogens is 737 g/mol. The summed E-state index contributed by atoms with van der Waals surface area (Å²) < 4.78 is 26.8. The van der Waals surface area contributed by atoms with Gasteiger partial charge in [-0.25, -0.2) is 4.57 Å². The summed E-state index contributed by atoms with van der Waals surface area (Å²) in [4.78, 5) is 33.9. The molecule has 1 amide bonds. The van der Waals surface area contributed by atoms with Crippen LogP contribution in [0, 0.1) is 0 Å². The highest BCUT2D eigenvalue weighted by Gasteiger charge is 2.23. The Morgan fingerprint density at radius 3 is 1.51 bits per heavy atom. The van der Waals surface area contributed by atoms with Gasteiger partial charge in [0, 0.05) is 19.4 Å². The molecule has 0 aromatic heterocycles. The fourth-order valence-electron chi connectivity index (χ4n) is 5.24. The first-order chi connectivity index (χ1) is 27.8. The van der Waals surface area contributed by atoms with E-state index in [-0.39, 0.29) is 32.1 Å². The van der Waals surface area contributed by atoms with Gasteiger partial charge < -0.3 is 20.1 Å². The lowest BCUT2D eigenvalue weighted by molar-refractivity contribution is -0.147. The summed E-state index contributed by atoms with van der Waals surface area (Å²) in [6, 6.07) is 0. The maximum absolute atomic E-state index is 12.1. The molecule has 0 saturated carbocycles. The Labute approximate surface area is 346 Å². The smallest absolute Gasteiger partial charge is 0.463 e. The molecule has 0 radical (unpaired) electrons. The van der Waals surface area contributed by atoms with E-state index in [1.165, 1.54) is 6.42 Å². The Balaban J connectivity index is 3.70. The Morgan fingerprint density at radius 2 is 1.00 bits per heavy atom. The molecule has 57 heavy (non-hydrogen) atoms. The van der Waals surface area contributed by atoms with Crippen LogP contribution in [-0.4, -0.2) is 54.3 Å². The number of carbonyl (C=O) groups excluding carboxylic acids is 2. The van der Waals surface area contributed by atoms with Crippen LogP contribution in [0.5, 0.6) is 0 Å². The number of hydrogen-bond donors (Lipinski definition) is 3. The molecule has 0 fully saturated rings. The third-order valence-electron chi connectivity index (χ3n) is 8.48. The minimum Gasteiger partial charge on any atom is -0.463 e. The summed E-state index contributed by atoms with van der Waals surface area (Å²) in [5.74, 6) is -0.566. The van der Waals surface area contributed by atoms with Gasteiger partial charge >= 0.3 is 13.8 Å². The second kappa shape index (κ2) is 42.5. The van der Waals surface area contributed by atoms with E-state index < -0.39 is 26.5 Å². The molecule has 0 saturated heterocycles. The number of aliphatic hydroxyl groups excluding tert-OH is 1. The average Bonchev–Trinajstić information content (AvgIpc) is 3.20. The van der Waals surface area contributed by atoms with Crippen LogP contribution < -0.4 is 5.32 Å². The summed E-state index contributed by atoms with van der Waals surface area (Å²) in [7, 11) is -4.43. The van der Waals surface area contributed by atoms with Gasteiger partial charge in [-0.1, -0.05) is 150 Å². The third-order valence-corrected chi connectivity index (χ3v) is 9.46. The number of phosphoric acid groups is 1. The molecule has 0 heterocycles. The molecule has 0 aliphatic rings.